The van der Waals surface area contributed by atoms with Gasteiger partial charge in [-0.2, -0.15) is 0 Å². The lowest BCUT2D eigenvalue weighted by atomic mass is 10.1. The second-order valence-corrected chi connectivity index (χ2v) is 8.01. The summed E-state index contributed by atoms with van der Waals surface area (Å²) in [4.78, 5) is 27.8. The normalized spacial score (nSPS) is 14.3. The summed E-state index contributed by atoms with van der Waals surface area (Å²) in [7, 11) is 0. The Bertz CT molecular complexity index is 840. The largest absolute Gasteiger partial charge is 0.331 e. The zero-order valence-corrected chi connectivity index (χ0v) is 16.4. The van der Waals surface area contributed by atoms with E-state index in [1.54, 1.807) is 28.8 Å². The van der Waals surface area contributed by atoms with Crippen LogP contribution in [0.5, 0.6) is 0 Å². The Balaban J connectivity index is 1.65. The molecule has 4 nitrogen and oxygen atoms in total. The maximum Gasteiger partial charge on any atom is 0.254 e. The molecular weight excluding hydrogens is 368 g/mol. The molecule has 6 heteroatoms. The highest BCUT2D eigenvalue weighted by Gasteiger charge is 2.31. The number of amides is 2. The Morgan fingerprint density at radius 3 is 2.85 bits per heavy atom. The fraction of sp³-hybridized carbons (Fsp3) is 0.300. The molecule has 26 heavy (non-hydrogen) atoms. The van der Waals surface area contributed by atoms with Gasteiger partial charge in [0.2, 0.25) is 5.91 Å². The summed E-state index contributed by atoms with van der Waals surface area (Å²) in [5.74, 6) is 0.800. The lowest BCUT2D eigenvalue weighted by Crippen LogP contribution is -2.36. The van der Waals surface area contributed by atoms with Crippen molar-refractivity contribution in [1.29, 1.82) is 0 Å². The molecule has 2 aromatic carbocycles. The minimum atomic E-state index is -0.195. The van der Waals surface area contributed by atoms with Crippen molar-refractivity contribution in [2.75, 3.05) is 11.1 Å². The quantitative estimate of drug-likeness (QED) is 0.721. The number of carbonyl (C=O) groups excluding carboxylic acids is 2. The topological polar surface area (TPSA) is 49.4 Å². The van der Waals surface area contributed by atoms with Gasteiger partial charge in [-0.25, -0.2) is 0 Å². The first kappa shape index (κ1) is 18.8. The van der Waals surface area contributed by atoms with Gasteiger partial charge < -0.3 is 10.2 Å². The lowest BCUT2D eigenvalue weighted by Gasteiger charge is -2.24. The number of rotatable bonds is 6. The summed E-state index contributed by atoms with van der Waals surface area (Å²) in [6.45, 7) is 4.47. The van der Waals surface area contributed by atoms with Gasteiger partial charge in [0.15, 0.2) is 0 Å². The Labute approximate surface area is 162 Å². The third-order valence-corrected chi connectivity index (χ3v) is 5.56. The molecule has 0 aliphatic carbocycles. The first-order valence-electron chi connectivity index (χ1n) is 8.60. The van der Waals surface area contributed by atoms with Crippen LogP contribution >= 0.6 is 23.4 Å². The van der Waals surface area contributed by atoms with Crippen LogP contribution in [-0.2, 0) is 11.3 Å². The monoisotopic (exact) mass is 388 g/mol. The molecule has 1 atom stereocenters. The number of halogens is 1. The Morgan fingerprint density at radius 2 is 2.08 bits per heavy atom. The van der Waals surface area contributed by atoms with Gasteiger partial charge in [0.05, 0.1) is 5.69 Å². The molecule has 136 valence electrons. The van der Waals surface area contributed by atoms with Crippen molar-refractivity contribution in [2.45, 2.75) is 37.8 Å². The molecule has 2 amide bonds. The van der Waals surface area contributed by atoms with Gasteiger partial charge in [0.1, 0.15) is 0 Å². The van der Waals surface area contributed by atoms with E-state index in [2.05, 4.69) is 12.2 Å². The molecule has 0 fully saturated rings. The molecule has 0 bridgehead atoms. The predicted octanol–water partition coefficient (Wildman–Crippen LogP) is 4.83. The van der Waals surface area contributed by atoms with Crippen molar-refractivity contribution in [2.24, 2.45) is 0 Å². The Morgan fingerprint density at radius 1 is 1.31 bits per heavy atom. The van der Waals surface area contributed by atoms with E-state index in [0.717, 1.165) is 21.9 Å². The van der Waals surface area contributed by atoms with Crippen LogP contribution in [0.2, 0.25) is 5.02 Å². The van der Waals surface area contributed by atoms with Gasteiger partial charge in [-0.1, -0.05) is 30.7 Å². The average Bonchev–Trinajstić information content (AvgIpc) is 2.93. The molecule has 0 spiro atoms. The van der Waals surface area contributed by atoms with Crippen LogP contribution in [0, 0.1) is 0 Å². The third kappa shape index (κ3) is 4.05. The number of benzene rings is 2. The number of hydrogen-bond donors (Lipinski definition) is 1. The fourth-order valence-electron chi connectivity index (χ4n) is 3.10. The molecule has 2 aromatic rings. The van der Waals surface area contributed by atoms with Crippen molar-refractivity contribution in [3.8, 4) is 0 Å². The van der Waals surface area contributed by atoms with Gasteiger partial charge in [-0.3, -0.25) is 9.59 Å². The second kappa shape index (κ2) is 8.14. The van der Waals surface area contributed by atoms with Crippen LogP contribution in [0.1, 0.15) is 36.2 Å². The molecule has 1 heterocycles. The maximum absolute atomic E-state index is 12.6. The number of nitrogens with zero attached hydrogens (tertiary/aromatic N) is 1. The predicted molar refractivity (Wildman–Crippen MR) is 107 cm³/mol. The zero-order chi connectivity index (χ0) is 18.7. The smallest absolute Gasteiger partial charge is 0.254 e. The first-order valence-corrected chi connectivity index (χ1v) is 9.97. The van der Waals surface area contributed by atoms with E-state index >= 15 is 0 Å². The van der Waals surface area contributed by atoms with E-state index in [-0.39, 0.29) is 24.3 Å². The summed E-state index contributed by atoms with van der Waals surface area (Å²) in [6.07, 6.45) is 0.249. The van der Waals surface area contributed by atoms with Crippen molar-refractivity contribution >= 4 is 40.9 Å². The molecular formula is C20H21ClN2O2S. The SMILES string of the molecule is CCSc1ccccc1NC(=O)C[C@@H](C)N1Cc2cc(Cl)ccc2C1=O. The number of thioether (sulfide) groups is 1. The van der Waals surface area contributed by atoms with Gasteiger partial charge in [-0.15, -0.1) is 11.8 Å². The number of nitrogens with one attached hydrogen (secondary N) is 1. The Hall–Kier alpha value is -1.98. The second-order valence-electron chi connectivity index (χ2n) is 6.27. The standard InChI is InChI=1S/C20H21ClN2O2S/c1-3-26-18-7-5-4-6-17(18)22-19(24)10-13(2)23-12-14-11-15(21)8-9-16(14)20(23)25/h4-9,11,13H,3,10,12H2,1-2H3,(H,22,24)/t13-/m1/s1. The minimum absolute atomic E-state index is 0.0427. The number of anilines is 1. The van der Waals surface area contributed by atoms with Gasteiger partial charge in [-0.05, 0) is 48.6 Å². The zero-order valence-electron chi connectivity index (χ0n) is 14.8. The number of carbonyl (C=O) groups is 2. The van der Waals surface area contributed by atoms with E-state index < -0.39 is 0 Å². The lowest BCUT2D eigenvalue weighted by molar-refractivity contribution is -0.117. The number of fused-ring (bicyclic) bond motifs is 1. The molecule has 1 N–H and O–H groups in total. The molecule has 0 unspecified atom stereocenters. The third-order valence-electron chi connectivity index (χ3n) is 4.37. The molecule has 0 saturated carbocycles. The van der Waals surface area contributed by atoms with E-state index in [1.165, 1.54) is 0 Å². The highest BCUT2D eigenvalue weighted by molar-refractivity contribution is 7.99. The number of para-hydroxylation sites is 1. The Kier molecular flexibility index (Phi) is 5.89. The first-order chi connectivity index (χ1) is 12.5. The molecule has 0 saturated heterocycles. The maximum atomic E-state index is 12.6. The summed E-state index contributed by atoms with van der Waals surface area (Å²) in [5, 5.41) is 3.60. The summed E-state index contributed by atoms with van der Waals surface area (Å²) >= 11 is 7.71. The van der Waals surface area contributed by atoms with Crippen molar-refractivity contribution in [1.82, 2.24) is 4.90 Å². The number of hydrogen-bond acceptors (Lipinski definition) is 3. The van der Waals surface area contributed by atoms with Crippen molar-refractivity contribution in [3.63, 3.8) is 0 Å². The van der Waals surface area contributed by atoms with Crippen LogP contribution in [0.15, 0.2) is 47.4 Å². The van der Waals surface area contributed by atoms with E-state index in [9.17, 15) is 9.59 Å². The van der Waals surface area contributed by atoms with Crippen LogP contribution in [0.4, 0.5) is 5.69 Å². The fourth-order valence-corrected chi connectivity index (χ4v) is 4.05. The summed E-state index contributed by atoms with van der Waals surface area (Å²) in [5.41, 5.74) is 2.41. The van der Waals surface area contributed by atoms with E-state index in [0.29, 0.717) is 17.1 Å². The van der Waals surface area contributed by atoms with Crippen LogP contribution in [0.25, 0.3) is 0 Å². The highest BCUT2D eigenvalue weighted by Crippen LogP contribution is 2.29. The van der Waals surface area contributed by atoms with Crippen LogP contribution in [0.3, 0.4) is 0 Å². The summed E-state index contributed by atoms with van der Waals surface area (Å²) < 4.78 is 0. The van der Waals surface area contributed by atoms with Gasteiger partial charge >= 0.3 is 0 Å². The van der Waals surface area contributed by atoms with E-state index in [1.807, 2.05) is 37.3 Å². The van der Waals surface area contributed by atoms with Gasteiger partial charge in [0, 0.05) is 34.5 Å². The molecule has 1 aliphatic heterocycles. The molecule has 3 rings (SSSR count). The molecule has 0 aromatic heterocycles. The average molecular weight is 389 g/mol. The van der Waals surface area contributed by atoms with Crippen LogP contribution < -0.4 is 5.32 Å². The summed E-state index contributed by atoms with van der Waals surface area (Å²) in [6, 6.07) is 12.9. The highest BCUT2D eigenvalue weighted by atomic mass is 35.5. The minimum Gasteiger partial charge on any atom is -0.331 e. The van der Waals surface area contributed by atoms with E-state index in [4.69, 9.17) is 11.6 Å². The van der Waals surface area contributed by atoms with Crippen molar-refractivity contribution < 1.29 is 9.59 Å². The molecule has 1 aliphatic rings. The molecule has 0 radical (unpaired) electrons. The van der Waals surface area contributed by atoms with Crippen molar-refractivity contribution in [3.05, 3.63) is 58.6 Å². The van der Waals surface area contributed by atoms with Crippen LogP contribution in [-0.4, -0.2) is 28.5 Å². The van der Waals surface area contributed by atoms with Gasteiger partial charge in [0.25, 0.3) is 5.91 Å².